The summed E-state index contributed by atoms with van der Waals surface area (Å²) in [7, 11) is 0. The highest BCUT2D eigenvalue weighted by Gasteiger charge is 2.29. The van der Waals surface area contributed by atoms with E-state index in [2.05, 4.69) is 43.3 Å². The molecular weight excluding hydrogens is 442 g/mol. The lowest BCUT2D eigenvalue weighted by molar-refractivity contribution is -0.165. The maximum absolute atomic E-state index is 9.77. The van der Waals surface area contributed by atoms with Crippen LogP contribution < -0.4 is 5.73 Å². The Kier molecular flexibility index (Phi) is 8.97. The fourth-order valence-corrected chi connectivity index (χ4v) is 4.05. The molecule has 0 aliphatic rings. The van der Waals surface area contributed by atoms with E-state index >= 15 is 0 Å². The number of aliphatic hydroxyl groups is 2. The van der Waals surface area contributed by atoms with Gasteiger partial charge in [0.2, 0.25) is 0 Å². The highest BCUT2D eigenvalue weighted by Crippen LogP contribution is 2.28. The quantitative estimate of drug-likeness (QED) is 0.360. The van der Waals surface area contributed by atoms with Gasteiger partial charge in [-0.25, -0.2) is 9.59 Å². The third kappa shape index (κ3) is 7.02. The largest absolute Gasteiger partial charge is 0.479 e. The summed E-state index contributed by atoms with van der Waals surface area (Å²) in [5.74, 6) is -3.54. The van der Waals surface area contributed by atoms with Gasteiger partial charge in [-0.05, 0) is 42.2 Å². The molecule has 0 radical (unpaired) electrons. The number of carboxylic acids is 2. The van der Waals surface area contributed by atoms with E-state index in [0.717, 1.165) is 17.9 Å². The van der Waals surface area contributed by atoms with Crippen LogP contribution in [0.3, 0.4) is 0 Å². The normalized spacial score (nSPS) is 13.7. The van der Waals surface area contributed by atoms with Gasteiger partial charge in [0, 0.05) is 16.3 Å². The van der Waals surface area contributed by atoms with Crippen LogP contribution in [0.15, 0.2) is 47.8 Å². The maximum Gasteiger partial charge on any atom is 0.335 e. The van der Waals surface area contributed by atoms with Gasteiger partial charge in [0.25, 0.3) is 0 Å². The van der Waals surface area contributed by atoms with Crippen molar-refractivity contribution in [3.63, 3.8) is 0 Å². The lowest BCUT2D eigenvalue weighted by Crippen LogP contribution is -2.39. The number of halogens is 1. The van der Waals surface area contributed by atoms with Crippen LogP contribution in [-0.2, 0) is 16.0 Å². The molecule has 1 aromatic heterocycles. The Balaban J connectivity index is 0.000000291. The van der Waals surface area contributed by atoms with Gasteiger partial charge in [0.15, 0.2) is 12.2 Å². The second-order valence-corrected chi connectivity index (χ2v) is 8.45. The molecule has 1 heterocycles. The molecule has 3 aromatic rings. The molecule has 0 aliphatic heterocycles. The van der Waals surface area contributed by atoms with E-state index in [-0.39, 0.29) is 6.04 Å². The summed E-state index contributed by atoms with van der Waals surface area (Å²) in [5, 5.41) is 37.9. The zero-order chi connectivity index (χ0) is 23.1. The Hall–Kier alpha value is -2.49. The number of hydrogen-bond acceptors (Lipinski definition) is 6. The van der Waals surface area contributed by atoms with Crippen LogP contribution in [0.2, 0.25) is 5.02 Å². The zero-order valence-corrected chi connectivity index (χ0v) is 18.3. The number of thiophene rings is 1. The zero-order valence-electron chi connectivity index (χ0n) is 16.7. The van der Waals surface area contributed by atoms with E-state index in [9.17, 15) is 9.59 Å². The average molecular weight is 466 g/mol. The van der Waals surface area contributed by atoms with Crippen molar-refractivity contribution in [1.29, 1.82) is 0 Å². The monoisotopic (exact) mass is 465 g/mol. The van der Waals surface area contributed by atoms with E-state index in [1.165, 1.54) is 26.8 Å². The molecule has 0 saturated heterocycles. The third-order valence-electron chi connectivity index (χ3n) is 4.60. The van der Waals surface area contributed by atoms with Gasteiger partial charge in [0.1, 0.15) is 0 Å². The van der Waals surface area contributed by atoms with Crippen molar-refractivity contribution in [2.75, 3.05) is 0 Å². The predicted octanol–water partition coefficient (Wildman–Crippen LogP) is 3.37. The third-order valence-corrected chi connectivity index (χ3v) is 5.94. The molecule has 0 spiro atoms. The molecule has 6 N–H and O–H groups in total. The van der Waals surface area contributed by atoms with Crippen molar-refractivity contribution >= 4 is 45.6 Å². The molecule has 0 amide bonds. The number of rotatable bonds is 7. The molecule has 0 fully saturated rings. The first-order valence-electron chi connectivity index (χ1n) is 9.39. The van der Waals surface area contributed by atoms with Crippen LogP contribution in [0.1, 0.15) is 28.5 Å². The second kappa shape index (κ2) is 11.2. The lowest BCUT2D eigenvalue weighted by atomic mass is 9.95. The highest BCUT2D eigenvalue weighted by molar-refractivity contribution is 7.10. The van der Waals surface area contributed by atoms with Gasteiger partial charge < -0.3 is 26.2 Å². The molecular formula is C22H24ClNO6S. The van der Waals surface area contributed by atoms with E-state index in [4.69, 9.17) is 37.8 Å². The molecule has 0 aliphatic carbocycles. The Morgan fingerprint density at radius 3 is 2.26 bits per heavy atom. The fourth-order valence-electron chi connectivity index (χ4n) is 2.96. The minimum Gasteiger partial charge on any atom is -0.479 e. The number of aliphatic carboxylic acids is 2. The topological polar surface area (TPSA) is 141 Å². The van der Waals surface area contributed by atoms with E-state index in [0.29, 0.717) is 0 Å². The van der Waals surface area contributed by atoms with E-state index < -0.39 is 24.1 Å². The number of benzene rings is 2. The minimum atomic E-state index is -2.27. The standard InChI is InChI=1S/C18H18ClNS.C4H6O6/c1-12-5-7-16-13(9-12)3-2-4-17(16)18(20)8-6-15-10-14(19)11-21-15;5-1(3(7)8)2(6)4(9)10/h2-5,7,9-11,18H,6,8,20H2,1H3;1-2,5-6H,(H,7,8)(H,9,10). The summed E-state index contributed by atoms with van der Waals surface area (Å²) < 4.78 is 0. The summed E-state index contributed by atoms with van der Waals surface area (Å²) in [4.78, 5) is 20.8. The number of carbonyl (C=O) groups is 2. The van der Waals surface area contributed by atoms with Crippen LogP contribution in [0.5, 0.6) is 0 Å². The Bertz CT molecular complexity index is 1040. The first-order valence-corrected chi connectivity index (χ1v) is 10.7. The van der Waals surface area contributed by atoms with Crippen LogP contribution in [-0.4, -0.2) is 44.6 Å². The summed E-state index contributed by atoms with van der Waals surface area (Å²) >= 11 is 7.67. The molecule has 9 heteroatoms. The fraction of sp³-hybridized carbons (Fsp3) is 0.273. The van der Waals surface area contributed by atoms with Gasteiger partial charge in [-0.2, -0.15) is 0 Å². The first kappa shape index (κ1) is 24.8. The van der Waals surface area contributed by atoms with Crippen molar-refractivity contribution in [2.24, 2.45) is 5.73 Å². The molecule has 3 atom stereocenters. The van der Waals surface area contributed by atoms with Crippen LogP contribution >= 0.6 is 22.9 Å². The molecule has 3 rings (SSSR count). The summed E-state index contributed by atoms with van der Waals surface area (Å²) in [6, 6.07) is 15.0. The van der Waals surface area contributed by atoms with Gasteiger partial charge in [-0.1, -0.05) is 53.6 Å². The molecule has 166 valence electrons. The Morgan fingerprint density at radius 2 is 1.71 bits per heavy atom. The summed E-state index contributed by atoms with van der Waals surface area (Å²) in [6.07, 6.45) is -2.63. The number of hydrogen-bond donors (Lipinski definition) is 5. The Morgan fingerprint density at radius 1 is 1.06 bits per heavy atom. The number of fused-ring (bicyclic) bond motifs is 1. The molecule has 0 bridgehead atoms. The van der Waals surface area contributed by atoms with Crippen LogP contribution in [0.4, 0.5) is 0 Å². The van der Waals surface area contributed by atoms with Crippen LogP contribution in [0.25, 0.3) is 10.8 Å². The summed E-state index contributed by atoms with van der Waals surface area (Å²) in [5.41, 5.74) is 8.94. The van der Waals surface area contributed by atoms with Gasteiger partial charge in [-0.3, -0.25) is 0 Å². The molecule has 2 aromatic carbocycles. The highest BCUT2D eigenvalue weighted by atomic mass is 35.5. The van der Waals surface area contributed by atoms with Crippen molar-refractivity contribution in [1.82, 2.24) is 0 Å². The Labute approximate surface area is 188 Å². The predicted molar refractivity (Wildman–Crippen MR) is 121 cm³/mol. The lowest BCUT2D eigenvalue weighted by Gasteiger charge is -2.14. The van der Waals surface area contributed by atoms with Crippen molar-refractivity contribution < 1.29 is 30.0 Å². The number of carboxylic acid groups (broad SMARTS) is 2. The van der Waals surface area contributed by atoms with Crippen LogP contribution in [0, 0.1) is 6.92 Å². The van der Waals surface area contributed by atoms with E-state index in [1.807, 2.05) is 11.4 Å². The van der Waals surface area contributed by atoms with Crippen molar-refractivity contribution in [3.8, 4) is 0 Å². The number of aliphatic hydroxyl groups excluding tert-OH is 2. The second-order valence-electron chi connectivity index (χ2n) is 7.01. The van der Waals surface area contributed by atoms with Gasteiger partial charge in [0.05, 0.1) is 5.02 Å². The van der Waals surface area contributed by atoms with Crippen molar-refractivity contribution in [3.05, 3.63) is 68.9 Å². The smallest absolute Gasteiger partial charge is 0.335 e. The number of aryl methyl sites for hydroxylation is 2. The first-order chi connectivity index (χ1) is 14.6. The van der Waals surface area contributed by atoms with Crippen molar-refractivity contribution in [2.45, 2.75) is 38.0 Å². The molecule has 31 heavy (non-hydrogen) atoms. The average Bonchev–Trinajstić information content (AvgIpc) is 3.15. The molecule has 3 unspecified atom stereocenters. The minimum absolute atomic E-state index is 0.0530. The van der Waals surface area contributed by atoms with Gasteiger partial charge >= 0.3 is 11.9 Å². The van der Waals surface area contributed by atoms with Gasteiger partial charge in [-0.15, -0.1) is 11.3 Å². The van der Waals surface area contributed by atoms with E-state index in [1.54, 1.807) is 11.3 Å². The molecule has 0 saturated carbocycles. The number of nitrogens with two attached hydrogens (primary N) is 1. The SMILES string of the molecule is Cc1ccc2c(C(N)CCc3cc(Cl)cs3)cccc2c1.O=C(O)C(O)C(O)C(=O)O. The molecule has 7 nitrogen and oxygen atoms in total. The maximum atomic E-state index is 9.77. The summed E-state index contributed by atoms with van der Waals surface area (Å²) in [6.45, 7) is 2.12.